The van der Waals surface area contributed by atoms with Crippen LogP contribution in [0.15, 0.2) is 67.0 Å². The number of methoxy groups -OCH3 is 1. The summed E-state index contributed by atoms with van der Waals surface area (Å²) in [6.07, 6.45) is 6.50. The number of pyridine rings is 1. The standard InChI is InChI=1S/C26H27N5O5/c1-36-21-8-4-7-19(14-21)28-26(33)22-15-20(31(34)35)10-11-23(22)29-25(32)17-30-13-3-2-9-24(30)18-6-5-12-27-16-18/h4-8,10-12,14-16,24H,2-3,9,13,17H2,1H3,(H,28,33)(H,29,32)/t24-/m1/s1. The van der Waals surface area contributed by atoms with Gasteiger partial charge in [0.2, 0.25) is 5.91 Å². The summed E-state index contributed by atoms with van der Waals surface area (Å²) in [5, 5.41) is 16.8. The average molecular weight is 490 g/mol. The van der Waals surface area contributed by atoms with Crippen LogP contribution in [0, 0.1) is 10.1 Å². The number of carbonyl (C=O) groups is 2. The highest BCUT2D eigenvalue weighted by Crippen LogP contribution is 2.30. The van der Waals surface area contributed by atoms with Gasteiger partial charge in [0, 0.05) is 42.3 Å². The van der Waals surface area contributed by atoms with Crippen molar-refractivity contribution in [2.45, 2.75) is 25.3 Å². The highest BCUT2D eigenvalue weighted by molar-refractivity contribution is 6.10. The molecule has 0 saturated carbocycles. The molecule has 10 nitrogen and oxygen atoms in total. The first-order valence-corrected chi connectivity index (χ1v) is 11.6. The number of nitro groups is 1. The van der Waals surface area contributed by atoms with E-state index in [1.54, 1.807) is 30.5 Å². The highest BCUT2D eigenvalue weighted by atomic mass is 16.6. The van der Waals surface area contributed by atoms with E-state index < -0.39 is 10.8 Å². The number of nitro benzene ring substituents is 1. The first kappa shape index (κ1) is 24.8. The molecule has 1 fully saturated rings. The van der Waals surface area contributed by atoms with Crippen LogP contribution in [0.25, 0.3) is 0 Å². The minimum absolute atomic E-state index is 0.0113. The topological polar surface area (TPSA) is 127 Å². The zero-order valence-corrected chi connectivity index (χ0v) is 19.8. The van der Waals surface area contributed by atoms with Crippen LogP contribution >= 0.6 is 0 Å². The smallest absolute Gasteiger partial charge is 0.270 e. The van der Waals surface area contributed by atoms with Crippen LogP contribution in [-0.2, 0) is 4.79 Å². The highest BCUT2D eigenvalue weighted by Gasteiger charge is 2.26. The third-order valence-corrected chi connectivity index (χ3v) is 6.09. The molecular weight excluding hydrogens is 462 g/mol. The first-order chi connectivity index (χ1) is 17.4. The molecule has 1 atom stereocenters. The molecule has 186 valence electrons. The summed E-state index contributed by atoms with van der Waals surface area (Å²) < 4.78 is 5.18. The Morgan fingerprint density at radius 1 is 1.14 bits per heavy atom. The number of ether oxygens (including phenoxy) is 1. The van der Waals surface area contributed by atoms with E-state index in [9.17, 15) is 19.7 Å². The van der Waals surface area contributed by atoms with E-state index in [1.165, 1.54) is 19.2 Å². The Balaban J connectivity index is 1.53. The molecule has 1 aromatic heterocycles. The van der Waals surface area contributed by atoms with Gasteiger partial charge in [-0.2, -0.15) is 0 Å². The lowest BCUT2D eigenvalue weighted by molar-refractivity contribution is -0.384. The zero-order valence-electron chi connectivity index (χ0n) is 19.8. The SMILES string of the molecule is COc1cccc(NC(=O)c2cc([N+](=O)[O-])ccc2NC(=O)CN2CCCC[C@@H]2c2cccnc2)c1. The monoisotopic (exact) mass is 489 g/mol. The number of aromatic nitrogens is 1. The van der Waals surface area contributed by atoms with Crippen LogP contribution in [0.4, 0.5) is 17.1 Å². The van der Waals surface area contributed by atoms with Gasteiger partial charge in [-0.1, -0.05) is 18.6 Å². The van der Waals surface area contributed by atoms with Gasteiger partial charge in [-0.15, -0.1) is 0 Å². The van der Waals surface area contributed by atoms with Crippen molar-refractivity contribution in [2.24, 2.45) is 0 Å². The van der Waals surface area contributed by atoms with Crippen molar-refractivity contribution in [1.29, 1.82) is 0 Å². The molecule has 0 bridgehead atoms. The second kappa shape index (κ2) is 11.4. The molecule has 2 amide bonds. The van der Waals surface area contributed by atoms with Crippen LogP contribution in [0.2, 0.25) is 0 Å². The molecule has 36 heavy (non-hydrogen) atoms. The van der Waals surface area contributed by atoms with Crippen LogP contribution in [-0.4, -0.2) is 46.8 Å². The summed E-state index contributed by atoms with van der Waals surface area (Å²) in [7, 11) is 1.51. The lowest BCUT2D eigenvalue weighted by Crippen LogP contribution is -2.39. The van der Waals surface area contributed by atoms with Crippen LogP contribution in [0.1, 0.15) is 41.2 Å². The molecule has 1 aliphatic heterocycles. The number of rotatable bonds is 8. The van der Waals surface area contributed by atoms with E-state index >= 15 is 0 Å². The largest absolute Gasteiger partial charge is 0.497 e. The lowest BCUT2D eigenvalue weighted by Gasteiger charge is -2.35. The molecule has 0 unspecified atom stereocenters. The number of likely N-dealkylation sites (tertiary alicyclic amines) is 1. The van der Waals surface area contributed by atoms with E-state index in [4.69, 9.17) is 4.74 Å². The molecule has 4 rings (SSSR count). The van der Waals surface area contributed by atoms with Gasteiger partial charge in [0.1, 0.15) is 5.75 Å². The maximum atomic E-state index is 13.1. The van der Waals surface area contributed by atoms with Crippen molar-refractivity contribution in [3.05, 3.63) is 88.2 Å². The van der Waals surface area contributed by atoms with Crippen molar-refractivity contribution >= 4 is 28.9 Å². The number of anilines is 2. The van der Waals surface area contributed by atoms with Gasteiger partial charge in [0.25, 0.3) is 11.6 Å². The average Bonchev–Trinajstić information content (AvgIpc) is 2.89. The molecule has 3 aromatic rings. The third-order valence-electron chi connectivity index (χ3n) is 6.09. The van der Waals surface area contributed by atoms with E-state index in [0.717, 1.165) is 37.4 Å². The lowest BCUT2D eigenvalue weighted by atomic mass is 9.96. The van der Waals surface area contributed by atoms with E-state index in [0.29, 0.717) is 11.4 Å². The second-order valence-electron chi connectivity index (χ2n) is 8.49. The molecule has 2 N–H and O–H groups in total. The number of nitrogens with one attached hydrogen (secondary N) is 2. The minimum atomic E-state index is -0.589. The number of benzene rings is 2. The number of hydrogen-bond acceptors (Lipinski definition) is 7. The predicted octanol–water partition coefficient (Wildman–Crippen LogP) is 4.42. The van der Waals surface area contributed by atoms with Gasteiger partial charge in [0.05, 0.1) is 29.8 Å². The molecule has 0 spiro atoms. The summed E-state index contributed by atoms with van der Waals surface area (Å²) in [4.78, 5) is 43.2. The summed E-state index contributed by atoms with van der Waals surface area (Å²) in [5.74, 6) is -0.353. The maximum absolute atomic E-state index is 13.1. The number of non-ortho nitro benzene ring substituents is 1. The summed E-state index contributed by atoms with van der Waals surface area (Å²) in [6.45, 7) is 0.879. The fourth-order valence-corrected chi connectivity index (χ4v) is 4.35. The van der Waals surface area contributed by atoms with E-state index in [-0.39, 0.29) is 35.4 Å². The van der Waals surface area contributed by atoms with Gasteiger partial charge in [-0.05, 0) is 49.2 Å². The predicted molar refractivity (Wildman–Crippen MR) is 135 cm³/mol. The Kier molecular flexibility index (Phi) is 7.86. The quantitative estimate of drug-likeness (QED) is 0.354. The van der Waals surface area contributed by atoms with Gasteiger partial charge in [0.15, 0.2) is 0 Å². The van der Waals surface area contributed by atoms with Gasteiger partial charge in [-0.3, -0.25) is 29.6 Å². The Hall–Kier alpha value is -4.31. The van der Waals surface area contributed by atoms with E-state index in [2.05, 4.69) is 20.5 Å². The van der Waals surface area contributed by atoms with Crippen molar-refractivity contribution in [3.63, 3.8) is 0 Å². The van der Waals surface area contributed by atoms with Crippen LogP contribution in [0.5, 0.6) is 5.75 Å². The first-order valence-electron chi connectivity index (χ1n) is 11.6. The number of hydrogen-bond donors (Lipinski definition) is 2. The van der Waals surface area contributed by atoms with Crippen LogP contribution in [0.3, 0.4) is 0 Å². The fraction of sp³-hybridized carbons (Fsp3) is 0.269. The van der Waals surface area contributed by atoms with Gasteiger partial charge >= 0.3 is 0 Å². The van der Waals surface area contributed by atoms with Crippen LogP contribution < -0.4 is 15.4 Å². The molecule has 2 aromatic carbocycles. The van der Waals surface area contributed by atoms with E-state index in [1.807, 2.05) is 18.3 Å². The molecule has 0 aliphatic carbocycles. The van der Waals surface area contributed by atoms with Gasteiger partial charge < -0.3 is 15.4 Å². The summed E-state index contributed by atoms with van der Waals surface area (Å²) in [5.41, 5.74) is 1.44. The number of nitrogens with zero attached hydrogens (tertiary/aromatic N) is 3. The molecule has 2 heterocycles. The fourth-order valence-electron chi connectivity index (χ4n) is 4.35. The number of amides is 2. The Bertz CT molecular complexity index is 1250. The number of piperidine rings is 1. The Morgan fingerprint density at radius 3 is 2.75 bits per heavy atom. The van der Waals surface area contributed by atoms with Crippen molar-refractivity contribution < 1.29 is 19.2 Å². The van der Waals surface area contributed by atoms with Gasteiger partial charge in [-0.25, -0.2) is 0 Å². The molecule has 10 heteroatoms. The second-order valence-corrected chi connectivity index (χ2v) is 8.49. The molecule has 0 radical (unpaired) electrons. The summed E-state index contributed by atoms with van der Waals surface area (Å²) >= 11 is 0. The maximum Gasteiger partial charge on any atom is 0.270 e. The molecule has 1 saturated heterocycles. The Morgan fingerprint density at radius 2 is 2.00 bits per heavy atom. The zero-order chi connectivity index (χ0) is 25.5. The third kappa shape index (κ3) is 6.02. The summed E-state index contributed by atoms with van der Waals surface area (Å²) in [6, 6.07) is 14.5. The minimum Gasteiger partial charge on any atom is -0.497 e. The van der Waals surface area contributed by atoms with Crippen molar-refractivity contribution in [2.75, 3.05) is 30.8 Å². The van der Waals surface area contributed by atoms with Crippen molar-refractivity contribution in [3.8, 4) is 5.75 Å². The molecule has 1 aliphatic rings. The Labute approximate surface area is 208 Å². The number of carbonyl (C=O) groups excluding carboxylic acids is 2. The molecular formula is C26H27N5O5. The van der Waals surface area contributed by atoms with Crippen molar-refractivity contribution in [1.82, 2.24) is 9.88 Å². The normalized spacial score (nSPS) is 15.6.